The number of nitrogens with zero attached hydrogens (tertiary/aromatic N) is 1. The Hall–Kier alpha value is -2.54. The molecule has 0 aliphatic rings. The van der Waals surface area contributed by atoms with E-state index in [-0.39, 0.29) is 4.90 Å². The summed E-state index contributed by atoms with van der Waals surface area (Å²) in [6.07, 6.45) is 0. The van der Waals surface area contributed by atoms with E-state index < -0.39 is 15.8 Å². The average molecular weight is 332 g/mol. The summed E-state index contributed by atoms with van der Waals surface area (Å²) in [7, 11) is -2.23. The molecule has 0 aliphatic heterocycles. The van der Waals surface area contributed by atoms with Gasteiger partial charge in [-0.05, 0) is 49.2 Å². The molecule has 0 saturated heterocycles. The highest BCUT2D eigenvalue weighted by atomic mass is 32.2. The van der Waals surface area contributed by atoms with E-state index in [0.29, 0.717) is 16.8 Å². The van der Waals surface area contributed by atoms with E-state index in [0.717, 1.165) is 11.1 Å². The van der Waals surface area contributed by atoms with Crippen molar-refractivity contribution in [1.82, 2.24) is 4.57 Å². The maximum atomic E-state index is 12.6. The third kappa shape index (κ3) is 2.63. The minimum absolute atomic E-state index is 0.0716. The average Bonchev–Trinajstić information content (AvgIpc) is 2.78. The third-order valence-electron chi connectivity index (χ3n) is 3.92. The Morgan fingerprint density at radius 2 is 1.87 bits per heavy atom. The Morgan fingerprint density at radius 1 is 1.13 bits per heavy atom. The molecule has 3 aromatic rings. The molecule has 0 aliphatic carbocycles. The maximum absolute atomic E-state index is 12.6. The Bertz CT molecular complexity index is 1060. The van der Waals surface area contributed by atoms with Crippen molar-refractivity contribution in [3.05, 3.63) is 58.1 Å². The van der Waals surface area contributed by atoms with Crippen molar-refractivity contribution in [1.29, 1.82) is 0 Å². The number of anilines is 1. The summed E-state index contributed by atoms with van der Waals surface area (Å²) < 4.78 is 34.1. The smallest absolute Gasteiger partial charge is 0.408 e. The predicted octanol–water partition coefficient (Wildman–Crippen LogP) is 2.55. The van der Waals surface area contributed by atoms with Crippen LogP contribution in [0.3, 0.4) is 0 Å². The third-order valence-corrected chi connectivity index (χ3v) is 5.29. The first-order valence-corrected chi connectivity index (χ1v) is 8.46. The molecule has 0 amide bonds. The second kappa shape index (κ2) is 5.27. The van der Waals surface area contributed by atoms with Gasteiger partial charge in [-0.3, -0.25) is 9.29 Å². The van der Waals surface area contributed by atoms with Gasteiger partial charge in [0.25, 0.3) is 10.0 Å². The summed E-state index contributed by atoms with van der Waals surface area (Å²) in [4.78, 5) is 11.6. The van der Waals surface area contributed by atoms with Crippen molar-refractivity contribution in [2.45, 2.75) is 18.7 Å². The lowest BCUT2D eigenvalue weighted by atomic mass is 10.1. The van der Waals surface area contributed by atoms with Crippen LogP contribution in [0.1, 0.15) is 11.1 Å². The van der Waals surface area contributed by atoms with Crippen molar-refractivity contribution in [2.24, 2.45) is 7.05 Å². The molecule has 0 saturated carbocycles. The van der Waals surface area contributed by atoms with Gasteiger partial charge in [0.15, 0.2) is 5.58 Å². The van der Waals surface area contributed by atoms with E-state index in [1.54, 1.807) is 12.1 Å². The molecule has 0 fully saturated rings. The lowest BCUT2D eigenvalue weighted by Crippen LogP contribution is -2.14. The molecule has 0 unspecified atom stereocenters. The van der Waals surface area contributed by atoms with Gasteiger partial charge in [-0.25, -0.2) is 13.2 Å². The molecule has 0 bridgehead atoms. The van der Waals surface area contributed by atoms with E-state index in [9.17, 15) is 13.2 Å². The molecule has 3 rings (SSSR count). The fraction of sp³-hybridized carbons (Fsp3) is 0.188. The number of hydrogen-bond acceptors (Lipinski definition) is 4. The Labute approximate surface area is 133 Å². The van der Waals surface area contributed by atoms with Gasteiger partial charge >= 0.3 is 5.76 Å². The highest BCUT2D eigenvalue weighted by Gasteiger charge is 2.18. The summed E-state index contributed by atoms with van der Waals surface area (Å²) in [5.74, 6) is -0.531. The van der Waals surface area contributed by atoms with Crippen LogP contribution in [-0.2, 0) is 17.1 Å². The number of benzene rings is 2. The summed E-state index contributed by atoms with van der Waals surface area (Å²) in [5.41, 5.74) is 3.18. The molecule has 6 nitrogen and oxygen atoms in total. The molecular weight excluding hydrogens is 316 g/mol. The van der Waals surface area contributed by atoms with Crippen LogP contribution >= 0.6 is 0 Å². The van der Waals surface area contributed by atoms with E-state index in [2.05, 4.69) is 4.72 Å². The van der Waals surface area contributed by atoms with Crippen LogP contribution in [0.25, 0.3) is 11.1 Å². The molecule has 7 heteroatoms. The summed E-state index contributed by atoms with van der Waals surface area (Å²) in [6.45, 7) is 3.77. The minimum Gasteiger partial charge on any atom is -0.408 e. The van der Waals surface area contributed by atoms with Gasteiger partial charge in [0.1, 0.15) is 0 Å². The topological polar surface area (TPSA) is 81.3 Å². The highest BCUT2D eigenvalue weighted by molar-refractivity contribution is 7.92. The van der Waals surface area contributed by atoms with Crippen LogP contribution in [0.15, 0.2) is 50.5 Å². The molecule has 1 aromatic heterocycles. The molecule has 1 heterocycles. The van der Waals surface area contributed by atoms with Crippen molar-refractivity contribution in [3.63, 3.8) is 0 Å². The van der Waals surface area contributed by atoms with Gasteiger partial charge in [-0.15, -0.1) is 0 Å². The molecule has 0 radical (unpaired) electrons. The zero-order chi connectivity index (χ0) is 16.8. The zero-order valence-electron chi connectivity index (χ0n) is 13.0. The van der Waals surface area contributed by atoms with Gasteiger partial charge < -0.3 is 4.42 Å². The SMILES string of the molecule is Cc1cccc(NS(=O)(=O)c2ccc3oc(=O)n(C)c3c2)c1C. The van der Waals surface area contributed by atoms with E-state index in [1.165, 1.54) is 29.8 Å². The molecule has 1 N–H and O–H groups in total. The molecule has 23 heavy (non-hydrogen) atoms. The number of fused-ring (bicyclic) bond motifs is 1. The zero-order valence-corrected chi connectivity index (χ0v) is 13.8. The summed E-state index contributed by atoms with van der Waals surface area (Å²) >= 11 is 0. The number of nitrogens with one attached hydrogen (secondary N) is 1. The van der Waals surface area contributed by atoms with E-state index in [1.807, 2.05) is 19.9 Å². The fourth-order valence-electron chi connectivity index (χ4n) is 2.34. The Balaban J connectivity index is 2.07. The van der Waals surface area contributed by atoms with Gasteiger partial charge in [0.2, 0.25) is 0 Å². The molecular formula is C16H16N2O4S. The van der Waals surface area contributed by atoms with Crippen molar-refractivity contribution in [3.8, 4) is 0 Å². The van der Waals surface area contributed by atoms with Crippen LogP contribution in [0.2, 0.25) is 0 Å². The van der Waals surface area contributed by atoms with Crippen LogP contribution < -0.4 is 10.5 Å². The van der Waals surface area contributed by atoms with Crippen molar-refractivity contribution < 1.29 is 12.8 Å². The van der Waals surface area contributed by atoms with Crippen LogP contribution in [0.5, 0.6) is 0 Å². The summed E-state index contributed by atoms with van der Waals surface area (Å²) in [6, 6.07) is 9.75. The minimum atomic E-state index is -3.76. The fourth-order valence-corrected chi connectivity index (χ4v) is 3.48. The first-order valence-electron chi connectivity index (χ1n) is 6.98. The standard InChI is InChI=1S/C16H16N2O4S/c1-10-5-4-6-13(11(10)2)17-23(20,21)12-7-8-15-14(9-12)18(3)16(19)22-15/h4-9,17H,1-3H3. The lowest BCUT2D eigenvalue weighted by molar-refractivity contribution is 0.528. The highest BCUT2D eigenvalue weighted by Crippen LogP contribution is 2.24. The normalized spacial score (nSPS) is 11.8. The van der Waals surface area contributed by atoms with Gasteiger partial charge in [0, 0.05) is 7.05 Å². The monoisotopic (exact) mass is 332 g/mol. The quantitative estimate of drug-likeness (QED) is 0.799. The number of oxazole rings is 1. The van der Waals surface area contributed by atoms with Gasteiger partial charge in [0.05, 0.1) is 16.1 Å². The lowest BCUT2D eigenvalue weighted by Gasteiger charge is -2.12. The molecule has 120 valence electrons. The number of aromatic nitrogens is 1. The van der Waals surface area contributed by atoms with E-state index >= 15 is 0 Å². The number of aryl methyl sites for hydroxylation is 2. The van der Waals surface area contributed by atoms with Crippen molar-refractivity contribution in [2.75, 3.05) is 4.72 Å². The molecule has 0 spiro atoms. The second-order valence-corrected chi connectivity index (χ2v) is 7.09. The predicted molar refractivity (Wildman–Crippen MR) is 88.2 cm³/mol. The second-order valence-electron chi connectivity index (χ2n) is 5.41. The van der Waals surface area contributed by atoms with Gasteiger partial charge in [-0.1, -0.05) is 12.1 Å². The largest absolute Gasteiger partial charge is 0.419 e. The molecule has 0 atom stereocenters. The van der Waals surface area contributed by atoms with Crippen molar-refractivity contribution >= 4 is 26.8 Å². The Kier molecular flexibility index (Phi) is 3.52. The first kappa shape index (κ1) is 15.4. The molecule has 2 aromatic carbocycles. The van der Waals surface area contributed by atoms with Crippen LogP contribution in [0, 0.1) is 13.8 Å². The van der Waals surface area contributed by atoms with Crippen LogP contribution in [0.4, 0.5) is 5.69 Å². The summed E-state index contributed by atoms with van der Waals surface area (Å²) in [5, 5.41) is 0. The first-order chi connectivity index (χ1) is 10.8. The van der Waals surface area contributed by atoms with E-state index in [4.69, 9.17) is 4.42 Å². The van der Waals surface area contributed by atoms with Crippen LogP contribution in [-0.4, -0.2) is 13.0 Å². The number of hydrogen-bond donors (Lipinski definition) is 1. The Morgan fingerprint density at radius 3 is 2.61 bits per heavy atom. The maximum Gasteiger partial charge on any atom is 0.419 e. The number of rotatable bonds is 3. The van der Waals surface area contributed by atoms with Gasteiger partial charge in [-0.2, -0.15) is 0 Å². The number of sulfonamides is 1.